The van der Waals surface area contributed by atoms with Gasteiger partial charge >= 0.3 is 0 Å². The minimum absolute atomic E-state index is 0.320. The van der Waals surface area contributed by atoms with E-state index >= 15 is 0 Å². The highest BCUT2D eigenvalue weighted by atomic mass is 16.5. The van der Waals surface area contributed by atoms with Gasteiger partial charge in [0.2, 0.25) is 0 Å². The lowest BCUT2D eigenvalue weighted by Crippen LogP contribution is -2.87. The summed E-state index contributed by atoms with van der Waals surface area (Å²) in [7, 11) is 0. The maximum atomic E-state index is 10.1. The van der Waals surface area contributed by atoms with Gasteiger partial charge < -0.3 is 15.2 Å². The quantitative estimate of drug-likeness (QED) is 0.824. The molecule has 0 aliphatic carbocycles. The van der Waals surface area contributed by atoms with E-state index in [2.05, 4.69) is 38.2 Å². The molecule has 0 unspecified atom stereocenters. The van der Waals surface area contributed by atoms with Crippen molar-refractivity contribution in [2.75, 3.05) is 13.2 Å². The van der Waals surface area contributed by atoms with Gasteiger partial charge in [-0.05, 0) is 44.0 Å². The molecule has 118 valence electrons. The third-order valence-electron chi connectivity index (χ3n) is 4.01. The van der Waals surface area contributed by atoms with Crippen molar-refractivity contribution >= 4 is 0 Å². The first kappa shape index (κ1) is 16.5. The molecular formula is C19H26NO2+. The summed E-state index contributed by atoms with van der Waals surface area (Å²) in [5.74, 6) is 0.818. The molecule has 0 aliphatic rings. The van der Waals surface area contributed by atoms with Crippen LogP contribution in [0, 0.1) is 13.8 Å². The number of hydrogen-bond acceptors (Lipinski definition) is 2. The molecule has 3 heteroatoms. The Bertz CT molecular complexity index is 583. The molecule has 0 radical (unpaired) electrons. The second kappa shape index (κ2) is 7.97. The fourth-order valence-corrected chi connectivity index (χ4v) is 2.32. The van der Waals surface area contributed by atoms with Gasteiger partial charge in [-0.15, -0.1) is 0 Å². The van der Waals surface area contributed by atoms with Crippen molar-refractivity contribution in [1.82, 2.24) is 0 Å². The van der Waals surface area contributed by atoms with Crippen LogP contribution in [0.1, 0.15) is 29.7 Å². The highest BCUT2D eigenvalue weighted by Gasteiger charge is 2.12. The van der Waals surface area contributed by atoms with Gasteiger partial charge in [0, 0.05) is 5.56 Å². The number of aryl methyl sites for hydroxylation is 2. The molecule has 3 N–H and O–H groups in total. The summed E-state index contributed by atoms with van der Waals surface area (Å²) in [6.45, 7) is 7.23. The average Bonchev–Trinajstić information content (AvgIpc) is 2.54. The van der Waals surface area contributed by atoms with E-state index in [-0.39, 0.29) is 0 Å². The maximum absolute atomic E-state index is 10.1. The normalized spacial score (nSPS) is 13.6. The molecular weight excluding hydrogens is 274 g/mol. The summed E-state index contributed by atoms with van der Waals surface area (Å²) in [6, 6.07) is 16.7. The van der Waals surface area contributed by atoms with Crippen molar-refractivity contribution in [2.24, 2.45) is 0 Å². The van der Waals surface area contributed by atoms with E-state index in [1.54, 1.807) is 0 Å². The number of benzene rings is 2. The van der Waals surface area contributed by atoms with Gasteiger partial charge in [-0.1, -0.05) is 36.4 Å². The largest absolute Gasteiger partial charge is 0.491 e. The first-order chi connectivity index (χ1) is 10.6. The summed E-state index contributed by atoms with van der Waals surface area (Å²) >= 11 is 0. The van der Waals surface area contributed by atoms with Gasteiger partial charge in [-0.25, -0.2) is 0 Å². The number of rotatable bonds is 7. The van der Waals surface area contributed by atoms with Gasteiger partial charge in [-0.3, -0.25) is 0 Å². The summed E-state index contributed by atoms with van der Waals surface area (Å²) in [5, 5.41) is 12.2. The molecule has 2 atom stereocenters. The second-order valence-corrected chi connectivity index (χ2v) is 5.88. The Morgan fingerprint density at radius 3 is 2.45 bits per heavy atom. The predicted molar refractivity (Wildman–Crippen MR) is 89.1 cm³/mol. The molecule has 0 aromatic heterocycles. The fourth-order valence-electron chi connectivity index (χ4n) is 2.32. The fraction of sp³-hybridized carbons (Fsp3) is 0.368. The Morgan fingerprint density at radius 1 is 1.05 bits per heavy atom. The Hall–Kier alpha value is -1.84. The highest BCUT2D eigenvalue weighted by molar-refractivity contribution is 5.33. The lowest BCUT2D eigenvalue weighted by molar-refractivity contribution is -0.698. The molecule has 2 aromatic rings. The molecule has 0 heterocycles. The minimum atomic E-state index is -0.479. The summed E-state index contributed by atoms with van der Waals surface area (Å²) in [4.78, 5) is 0. The molecule has 22 heavy (non-hydrogen) atoms. The van der Waals surface area contributed by atoms with Gasteiger partial charge in [-0.2, -0.15) is 0 Å². The standard InChI is InChI=1S/C19H25NO2/c1-14-9-10-19(11-15(14)2)22-13-18(21)12-20-16(3)17-7-5-4-6-8-17/h4-11,16,18,20-21H,12-13H2,1-3H3/p+1/t16-,18+/m1/s1. The van der Waals surface area contributed by atoms with Crippen LogP contribution in [0.4, 0.5) is 0 Å². The number of nitrogens with two attached hydrogens (primary N) is 1. The van der Waals surface area contributed by atoms with E-state index < -0.39 is 6.10 Å². The molecule has 3 nitrogen and oxygen atoms in total. The van der Waals surface area contributed by atoms with Gasteiger partial charge in [0.1, 0.15) is 31.0 Å². The minimum Gasteiger partial charge on any atom is -0.491 e. The van der Waals surface area contributed by atoms with Crippen LogP contribution in [0.25, 0.3) is 0 Å². The number of ether oxygens (including phenoxy) is 1. The van der Waals surface area contributed by atoms with E-state index in [0.29, 0.717) is 19.2 Å². The molecule has 2 rings (SSSR count). The zero-order chi connectivity index (χ0) is 15.9. The van der Waals surface area contributed by atoms with E-state index in [9.17, 15) is 5.11 Å². The first-order valence-electron chi connectivity index (χ1n) is 7.82. The van der Waals surface area contributed by atoms with Crippen LogP contribution in [-0.2, 0) is 0 Å². The second-order valence-electron chi connectivity index (χ2n) is 5.88. The van der Waals surface area contributed by atoms with Crippen LogP contribution in [0.3, 0.4) is 0 Å². The lowest BCUT2D eigenvalue weighted by Gasteiger charge is -2.15. The number of hydrogen-bond donors (Lipinski definition) is 2. The van der Waals surface area contributed by atoms with Crippen LogP contribution >= 0.6 is 0 Å². The van der Waals surface area contributed by atoms with Crippen LogP contribution < -0.4 is 10.1 Å². The molecule has 0 aliphatic heterocycles. The molecule has 0 amide bonds. The van der Waals surface area contributed by atoms with Crippen molar-refractivity contribution in [2.45, 2.75) is 32.9 Å². The summed E-state index contributed by atoms with van der Waals surface area (Å²) in [5.41, 5.74) is 3.72. The summed E-state index contributed by atoms with van der Waals surface area (Å²) < 4.78 is 5.67. The van der Waals surface area contributed by atoms with Crippen molar-refractivity contribution in [3.63, 3.8) is 0 Å². The van der Waals surface area contributed by atoms with Crippen molar-refractivity contribution < 1.29 is 15.2 Å². The van der Waals surface area contributed by atoms with Gasteiger partial charge in [0.05, 0.1) is 0 Å². The Morgan fingerprint density at radius 2 is 1.77 bits per heavy atom. The van der Waals surface area contributed by atoms with Crippen molar-refractivity contribution in [3.8, 4) is 5.75 Å². The smallest absolute Gasteiger partial charge is 0.137 e. The molecule has 0 saturated heterocycles. The van der Waals surface area contributed by atoms with Crippen LogP contribution in [-0.4, -0.2) is 24.4 Å². The predicted octanol–water partition coefficient (Wildman–Crippen LogP) is 2.37. The van der Waals surface area contributed by atoms with Crippen LogP contribution in [0.15, 0.2) is 48.5 Å². The highest BCUT2D eigenvalue weighted by Crippen LogP contribution is 2.16. The Balaban J connectivity index is 1.76. The van der Waals surface area contributed by atoms with Crippen molar-refractivity contribution in [3.05, 3.63) is 65.2 Å². The van der Waals surface area contributed by atoms with Crippen molar-refractivity contribution in [1.29, 1.82) is 0 Å². The SMILES string of the molecule is Cc1ccc(OC[C@@H](O)C[NH2+][C@H](C)c2ccccc2)cc1C. The number of aliphatic hydroxyl groups is 1. The van der Waals surface area contributed by atoms with Gasteiger partial charge in [0.25, 0.3) is 0 Å². The molecule has 0 bridgehead atoms. The monoisotopic (exact) mass is 300 g/mol. The third kappa shape index (κ3) is 4.86. The molecule has 0 saturated carbocycles. The summed E-state index contributed by atoms with van der Waals surface area (Å²) in [6.07, 6.45) is -0.479. The third-order valence-corrected chi connectivity index (χ3v) is 4.01. The number of aliphatic hydroxyl groups excluding tert-OH is 1. The molecule has 0 spiro atoms. The first-order valence-corrected chi connectivity index (χ1v) is 7.82. The maximum Gasteiger partial charge on any atom is 0.137 e. The van der Waals surface area contributed by atoms with Gasteiger partial charge in [0.15, 0.2) is 0 Å². The van der Waals surface area contributed by atoms with E-state index in [1.165, 1.54) is 16.7 Å². The topological polar surface area (TPSA) is 46.1 Å². The lowest BCUT2D eigenvalue weighted by atomic mass is 10.1. The van der Waals surface area contributed by atoms with E-state index in [1.807, 2.05) is 36.4 Å². The van der Waals surface area contributed by atoms with Crippen LogP contribution in [0.5, 0.6) is 5.75 Å². The molecule has 2 aromatic carbocycles. The Labute approximate surface area is 133 Å². The van der Waals surface area contributed by atoms with E-state index in [4.69, 9.17) is 4.74 Å². The zero-order valence-electron chi connectivity index (χ0n) is 13.6. The Kier molecular flexibility index (Phi) is 5.99. The molecule has 0 fully saturated rings. The van der Waals surface area contributed by atoms with E-state index in [0.717, 1.165) is 5.75 Å². The van der Waals surface area contributed by atoms with Crippen LogP contribution in [0.2, 0.25) is 0 Å². The number of quaternary nitrogens is 1. The zero-order valence-corrected chi connectivity index (χ0v) is 13.6. The average molecular weight is 300 g/mol.